The van der Waals surface area contributed by atoms with Crippen LogP contribution >= 0.6 is 0 Å². The molecule has 2 rings (SSSR count). The molecule has 1 fully saturated rings. The fourth-order valence-corrected chi connectivity index (χ4v) is 2.89. The number of carboxylic acid groups (broad SMARTS) is 1. The molecule has 1 aromatic rings. The lowest BCUT2D eigenvalue weighted by molar-refractivity contribution is -0.190. The summed E-state index contributed by atoms with van der Waals surface area (Å²) in [6.45, 7) is 0. The lowest BCUT2D eigenvalue weighted by Crippen LogP contribution is -2.48. The fourth-order valence-electron chi connectivity index (χ4n) is 2.89. The topological polar surface area (TPSA) is 49.3 Å². The van der Waals surface area contributed by atoms with Crippen LogP contribution < -0.4 is 5.32 Å². The van der Waals surface area contributed by atoms with Gasteiger partial charge in [0.05, 0.1) is 5.92 Å². The zero-order valence-corrected chi connectivity index (χ0v) is 11.4. The molecule has 0 saturated heterocycles. The Morgan fingerprint density at radius 2 is 1.81 bits per heavy atom. The van der Waals surface area contributed by atoms with Gasteiger partial charge in [-0.15, -0.1) is 0 Å². The number of benzene rings is 1. The average molecular weight is 301 g/mol. The number of halogens is 3. The molecule has 116 valence electrons. The molecule has 0 aliphatic heterocycles. The van der Waals surface area contributed by atoms with Crippen LogP contribution in [0.1, 0.15) is 37.3 Å². The van der Waals surface area contributed by atoms with E-state index in [2.05, 4.69) is 5.32 Å². The van der Waals surface area contributed by atoms with Crippen molar-refractivity contribution in [2.75, 3.05) is 0 Å². The van der Waals surface area contributed by atoms with E-state index in [1.807, 2.05) is 0 Å². The van der Waals surface area contributed by atoms with Crippen molar-refractivity contribution in [3.05, 3.63) is 35.9 Å². The molecule has 1 saturated carbocycles. The maximum atomic E-state index is 13.1. The standard InChI is InChI=1S/C15H18F3NO2/c16-15(17,18)11-8-4-5-9-12(11)19-13(14(20)21)10-6-2-1-3-7-10/h1-3,6-7,11-13,19H,4-5,8-9H2,(H,20,21). The van der Waals surface area contributed by atoms with Crippen molar-refractivity contribution in [3.8, 4) is 0 Å². The molecule has 0 heterocycles. The number of hydrogen-bond acceptors (Lipinski definition) is 2. The monoisotopic (exact) mass is 301 g/mol. The van der Waals surface area contributed by atoms with E-state index in [-0.39, 0.29) is 6.42 Å². The average Bonchev–Trinajstić information content (AvgIpc) is 2.44. The molecule has 1 aliphatic carbocycles. The molecule has 1 aromatic carbocycles. The first-order chi connectivity index (χ1) is 9.89. The van der Waals surface area contributed by atoms with Crippen LogP contribution in [0.4, 0.5) is 13.2 Å². The lowest BCUT2D eigenvalue weighted by Gasteiger charge is -2.35. The number of carboxylic acids is 1. The van der Waals surface area contributed by atoms with Crippen molar-refractivity contribution < 1.29 is 23.1 Å². The first kappa shape index (κ1) is 15.8. The highest BCUT2D eigenvalue weighted by Gasteiger charge is 2.46. The van der Waals surface area contributed by atoms with E-state index in [0.717, 1.165) is 0 Å². The van der Waals surface area contributed by atoms with Gasteiger partial charge in [-0.3, -0.25) is 10.1 Å². The molecule has 0 bridgehead atoms. The molecular weight excluding hydrogens is 283 g/mol. The van der Waals surface area contributed by atoms with Crippen LogP contribution in [0.2, 0.25) is 0 Å². The molecule has 3 nitrogen and oxygen atoms in total. The van der Waals surface area contributed by atoms with Crippen LogP contribution in [0.5, 0.6) is 0 Å². The van der Waals surface area contributed by atoms with E-state index in [0.29, 0.717) is 24.8 Å². The van der Waals surface area contributed by atoms with Gasteiger partial charge in [-0.25, -0.2) is 0 Å². The van der Waals surface area contributed by atoms with Crippen LogP contribution in [-0.4, -0.2) is 23.3 Å². The number of hydrogen-bond donors (Lipinski definition) is 2. The van der Waals surface area contributed by atoms with E-state index < -0.39 is 30.1 Å². The van der Waals surface area contributed by atoms with Gasteiger partial charge in [0, 0.05) is 6.04 Å². The number of alkyl halides is 3. The Hall–Kier alpha value is -1.56. The molecule has 3 atom stereocenters. The zero-order chi connectivity index (χ0) is 15.5. The van der Waals surface area contributed by atoms with Crippen molar-refractivity contribution in [2.24, 2.45) is 5.92 Å². The van der Waals surface area contributed by atoms with Gasteiger partial charge in [0.15, 0.2) is 0 Å². The summed E-state index contributed by atoms with van der Waals surface area (Å²) < 4.78 is 39.2. The Kier molecular flexibility index (Phi) is 4.88. The van der Waals surface area contributed by atoms with Crippen LogP contribution in [0.15, 0.2) is 30.3 Å². The number of nitrogens with one attached hydrogen (secondary N) is 1. The van der Waals surface area contributed by atoms with Crippen molar-refractivity contribution in [3.63, 3.8) is 0 Å². The third-order valence-electron chi connectivity index (χ3n) is 3.95. The summed E-state index contributed by atoms with van der Waals surface area (Å²) in [5.41, 5.74) is 0.469. The number of carbonyl (C=O) groups is 1. The Balaban J connectivity index is 2.17. The van der Waals surface area contributed by atoms with Crippen LogP contribution in [0.3, 0.4) is 0 Å². The van der Waals surface area contributed by atoms with E-state index >= 15 is 0 Å². The Bertz CT molecular complexity index is 476. The molecule has 0 amide bonds. The quantitative estimate of drug-likeness (QED) is 0.894. The van der Waals surface area contributed by atoms with Gasteiger partial charge < -0.3 is 5.11 Å². The molecule has 0 spiro atoms. The maximum Gasteiger partial charge on any atom is 0.393 e. The van der Waals surface area contributed by atoms with Crippen molar-refractivity contribution in [1.82, 2.24) is 5.32 Å². The molecule has 21 heavy (non-hydrogen) atoms. The normalized spacial score (nSPS) is 24.5. The summed E-state index contributed by atoms with van der Waals surface area (Å²) in [4.78, 5) is 11.4. The third-order valence-corrected chi connectivity index (χ3v) is 3.95. The largest absolute Gasteiger partial charge is 0.480 e. The van der Waals surface area contributed by atoms with Gasteiger partial charge in [-0.1, -0.05) is 43.2 Å². The summed E-state index contributed by atoms with van der Waals surface area (Å²) in [7, 11) is 0. The molecule has 6 heteroatoms. The van der Waals surface area contributed by atoms with Gasteiger partial charge in [-0.2, -0.15) is 13.2 Å². The van der Waals surface area contributed by atoms with Crippen LogP contribution in [0.25, 0.3) is 0 Å². The summed E-state index contributed by atoms with van der Waals surface area (Å²) in [5, 5.41) is 12.0. The van der Waals surface area contributed by atoms with Gasteiger partial charge in [0.25, 0.3) is 0 Å². The molecule has 0 radical (unpaired) electrons. The molecular formula is C15H18F3NO2. The summed E-state index contributed by atoms with van der Waals surface area (Å²) in [6, 6.07) is 6.35. The van der Waals surface area contributed by atoms with Gasteiger partial charge >= 0.3 is 12.1 Å². The zero-order valence-electron chi connectivity index (χ0n) is 11.4. The Labute approximate surface area is 121 Å². The summed E-state index contributed by atoms with van der Waals surface area (Å²) in [5.74, 6) is -2.63. The predicted octanol–water partition coefficient (Wildman–Crippen LogP) is 3.52. The molecule has 1 aliphatic rings. The fraction of sp³-hybridized carbons (Fsp3) is 0.533. The Morgan fingerprint density at radius 3 is 2.38 bits per heavy atom. The highest BCUT2D eigenvalue weighted by atomic mass is 19.4. The van der Waals surface area contributed by atoms with E-state index in [4.69, 9.17) is 0 Å². The van der Waals surface area contributed by atoms with E-state index in [1.165, 1.54) is 0 Å². The van der Waals surface area contributed by atoms with E-state index in [9.17, 15) is 23.1 Å². The van der Waals surface area contributed by atoms with Crippen molar-refractivity contribution in [2.45, 2.75) is 43.9 Å². The first-order valence-corrected chi connectivity index (χ1v) is 7.00. The minimum Gasteiger partial charge on any atom is -0.480 e. The SMILES string of the molecule is O=C(O)C(NC1CCCCC1C(F)(F)F)c1ccccc1. The minimum atomic E-state index is -4.29. The second kappa shape index (κ2) is 6.47. The predicted molar refractivity (Wildman–Crippen MR) is 71.8 cm³/mol. The third kappa shape index (κ3) is 3.97. The summed E-state index contributed by atoms with van der Waals surface area (Å²) in [6.07, 6.45) is -2.67. The second-order valence-corrected chi connectivity index (χ2v) is 5.39. The summed E-state index contributed by atoms with van der Waals surface area (Å²) >= 11 is 0. The first-order valence-electron chi connectivity index (χ1n) is 7.00. The van der Waals surface area contributed by atoms with Gasteiger partial charge in [-0.05, 0) is 18.4 Å². The Morgan fingerprint density at radius 1 is 1.19 bits per heavy atom. The maximum absolute atomic E-state index is 13.1. The number of aliphatic carboxylic acids is 1. The molecule has 0 aromatic heterocycles. The van der Waals surface area contributed by atoms with Crippen LogP contribution in [0, 0.1) is 5.92 Å². The smallest absolute Gasteiger partial charge is 0.393 e. The molecule has 2 N–H and O–H groups in total. The van der Waals surface area contributed by atoms with Crippen molar-refractivity contribution in [1.29, 1.82) is 0 Å². The second-order valence-electron chi connectivity index (χ2n) is 5.39. The highest BCUT2D eigenvalue weighted by Crippen LogP contribution is 2.38. The van der Waals surface area contributed by atoms with E-state index in [1.54, 1.807) is 30.3 Å². The van der Waals surface area contributed by atoms with Gasteiger partial charge in [0.1, 0.15) is 6.04 Å². The highest BCUT2D eigenvalue weighted by molar-refractivity contribution is 5.75. The van der Waals surface area contributed by atoms with Crippen LogP contribution in [-0.2, 0) is 4.79 Å². The van der Waals surface area contributed by atoms with Crippen molar-refractivity contribution >= 4 is 5.97 Å². The minimum absolute atomic E-state index is 0.0578. The lowest BCUT2D eigenvalue weighted by atomic mass is 9.83. The van der Waals surface area contributed by atoms with Gasteiger partial charge in [0.2, 0.25) is 0 Å². The number of rotatable bonds is 4. The molecule has 3 unspecified atom stereocenters.